The molecule has 106 valence electrons. The van der Waals surface area contributed by atoms with Gasteiger partial charge >= 0.3 is 17.4 Å². The van der Waals surface area contributed by atoms with Crippen LogP contribution in [0.5, 0.6) is 0 Å². The second-order valence-corrected chi connectivity index (χ2v) is 16.0. The zero-order chi connectivity index (χ0) is 14.0. The molecule has 0 aliphatic carbocycles. The Labute approximate surface area is 113 Å². The summed E-state index contributed by atoms with van der Waals surface area (Å²) >= 11 is 0. The molecule has 0 aromatic heterocycles. The number of ether oxygens (including phenoxy) is 1. The summed E-state index contributed by atoms with van der Waals surface area (Å²) in [5, 5.41) is 0. The molecular weight excluding hydrogens is 284 g/mol. The fraction of sp³-hybridized carbons (Fsp3) is 0.800. The van der Waals surface area contributed by atoms with E-state index in [1.54, 1.807) is 14.2 Å². The minimum Gasteiger partial charge on any atom is -0.433 e. The van der Waals surface area contributed by atoms with Crippen molar-refractivity contribution in [3.05, 3.63) is 12.3 Å². The summed E-state index contributed by atoms with van der Waals surface area (Å²) < 4.78 is 28.6. The molecule has 1 atom stereocenters. The van der Waals surface area contributed by atoms with Gasteiger partial charge in [-0.05, 0) is 26.2 Å². The summed E-state index contributed by atoms with van der Waals surface area (Å²) in [5.41, 5.74) is 1.86. The van der Waals surface area contributed by atoms with Gasteiger partial charge in [-0.1, -0.05) is 5.70 Å². The number of hydrogen-bond acceptors (Lipinski definition) is 5. The molecule has 0 N–H and O–H groups in total. The van der Waals surface area contributed by atoms with E-state index in [0.29, 0.717) is 6.61 Å². The van der Waals surface area contributed by atoms with Gasteiger partial charge in [0.1, 0.15) is 5.73 Å². The van der Waals surface area contributed by atoms with Crippen LogP contribution in [0.25, 0.3) is 0 Å². The van der Waals surface area contributed by atoms with Crippen LogP contribution in [0.3, 0.4) is 0 Å². The molecule has 5 nitrogen and oxygen atoms in total. The van der Waals surface area contributed by atoms with Crippen LogP contribution in [0.4, 0.5) is 0 Å². The Morgan fingerprint density at radius 3 is 1.94 bits per heavy atom. The van der Waals surface area contributed by atoms with Crippen molar-refractivity contribution in [2.45, 2.75) is 31.9 Å². The average molecular weight is 309 g/mol. The molecular formula is C10H24O5Si3. The molecule has 1 rings (SSSR count). The SMILES string of the molecule is C=C[Si](C)(C)O[Si](C)(C)O[Si](OC)(OC)C1CO1. The second-order valence-electron chi connectivity index (χ2n) is 5.25. The maximum absolute atomic E-state index is 6.17. The molecule has 0 radical (unpaired) electrons. The normalized spacial score (nSPS) is 20.9. The molecule has 8 heteroatoms. The number of hydrogen-bond donors (Lipinski definition) is 0. The molecule has 18 heavy (non-hydrogen) atoms. The third kappa shape index (κ3) is 4.10. The lowest BCUT2D eigenvalue weighted by molar-refractivity contribution is 0.131. The van der Waals surface area contributed by atoms with Crippen molar-refractivity contribution in [1.82, 2.24) is 0 Å². The molecule has 0 spiro atoms. The van der Waals surface area contributed by atoms with Gasteiger partial charge in [0, 0.05) is 14.2 Å². The minimum absolute atomic E-state index is 0.0450. The van der Waals surface area contributed by atoms with Gasteiger partial charge in [-0.15, -0.1) is 6.58 Å². The van der Waals surface area contributed by atoms with Gasteiger partial charge < -0.3 is 21.8 Å². The van der Waals surface area contributed by atoms with E-state index in [1.807, 2.05) is 18.8 Å². The topological polar surface area (TPSA) is 49.5 Å². The zero-order valence-electron chi connectivity index (χ0n) is 12.1. The van der Waals surface area contributed by atoms with Crippen molar-refractivity contribution in [2.24, 2.45) is 0 Å². The Morgan fingerprint density at radius 2 is 1.61 bits per heavy atom. The second kappa shape index (κ2) is 5.67. The maximum Gasteiger partial charge on any atom is 0.524 e. The fourth-order valence-corrected chi connectivity index (χ4v) is 12.9. The highest BCUT2D eigenvalue weighted by Crippen LogP contribution is 2.30. The molecule has 1 unspecified atom stereocenters. The molecule has 0 bridgehead atoms. The maximum atomic E-state index is 6.17. The summed E-state index contributed by atoms with van der Waals surface area (Å²) in [7, 11) is -3.76. The molecule has 0 aromatic carbocycles. The van der Waals surface area contributed by atoms with E-state index in [1.165, 1.54) is 0 Å². The first-order valence-electron chi connectivity index (χ1n) is 5.96. The lowest BCUT2D eigenvalue weighted by atomic mass is 11.0. The van der Waals surface area contributed by atoms with Crippen LogP contribution in [0, 0.1) is 0 Å². The molecule has 0 aromatic rings. The molecule has 1 heterocycles. The number of epoxide rings is 1. The van der Waals surface area contributed by atoms with Crippen LogP contribution in [-0.2, 0) is 21.8 Å². The predicted molar refractivity (Wildman–Crippen MR) is 76.8 cm³/mol. The first-order chi connectivity index (χ1) is 8.20. The fourth-order valence-electron chi connectivity index (χ4n) is 1.79. The van der Waals surface area contributed by atoms with E-state index < -0.39 is 25.7 Å². The summed E-state index contributed by atoms with van der Waals surface area (Å²) in [6.07, 6.45) is 0. The highest BCUT2D eigenvalue weighted by molar-refractivity contribution is 6.88. The molecule has 1 fully saturated rings. The van der Waals surface area contributed by atoms with E-state index in [0.717, 1.165) is 0 Å². The Morgan fingerprint density at radius 1 is 1.11 bits per heavy atom. The van der Waals surface area contributed by atoms with Crippen molar-refractivity contribution in [1.29, 1.82) is 0 Å². The first-order valence-corrected chi connectivity index (χ1v) is 13.6. The lowest BCUT2D eigenvalue weighted by Crippen LogP contribution is -2.59. The van der Waals surface area contributed by atoms with Crippen LogP contribution in [0.15, 0.2) is 12.3 Å². The van der Waals surface area contributed by atoms with Crippen LogP contribution in [0.1, 0.15) is 0 Å². The van der Waals surface area contributed by atoms with Crippen LogP contribution < -0.4 is 0 Å². The van der Waals surface area contributed by atoms with Gasteiger partial charge in [-0.3, -0.25) is 0 Å². The highest BCUT2D eigenvalue weighted by Gasteiger charge is 2.59. The molecule has 0 amide bonds. The van der Waals surface area contributed by atoms with Crippen LogP contribution in [0.2, 0.25) is 26.2 Å². The van der Waals surface area contributed by atoms with Crippen molar-refractivity contribution in [3.8, 4) is 0 Å². The van der Waals surface area contributed by atoms with E-state index in [9.17, 15) is 0 Å². The summed E-state index contributed by atoms with van der Waals surface area (Å²) in [6, 6.07) is 0. The Hall–Kier alpha value is 0.191. The first kappa shape index (κ1) is 16.2. The lowest BCUT2D eigenvalue weighted by Gasteiger charge is -2.37. The Kier molecular flexibility index (Phi) is 5.12. The number of rotatable bonds is 8. The van der Waals surface area contributed by atoms with Gasteiger partial charge in [0.15, 0.2) is 8.32 Å². The minimum atomic E-state index is -2.76. The van der Waals surface area contributed by atoms with Gasteiger partial charge in [0.2, 0.25) is 0 Å². The Bertz CT molecular complexity index is 300. The quantitative estimate of drug-likeness (QED) is 0.506. The predicted octanol–water partition coefficient (Wildman–Crippen LogP) is 1.82. The summed E-state index contributed by atoms with van der Waals surface area (Å²) in [5.74, 6) is 0. The van der Waals surface area contributed by atoms with Gasteiger partial charge in [-0.25, -0.2) is 0 Å². The Balaban J connectivity index is 2.76. The molecule has 0 saturated carbocycles. The molecule has 1 saturated heterocycles. The monoisotopic (exact) mass is 308 g/mol. The van der Waals surface area contributed by atoms with Crippen molar-refractivity contribution >= 4 is 25.7 Å². The third-order valence-corrected chi connectivity index (χ3v) is 13.1. The highest BCUT2D eigenvalue weighted by atomic mass is 28.5. The van der Waals surface area contributed by atoms with Gasteiger partial charge in [0.05, 0.1) is 6.61 Å². The van der Waals surface area contributed by atoms with Gasteiger partial charge in [0.25, 0.3) is 0 Å². The van der Waals surface area contributed by atoms with Crippen LogP contribution in [-0.4, -0.2) is 52.2 Å². The zero-order valence-corrected chi connectivity index (χ0v) is 15.1. The van der Waals surface area contributed by atoms with E-state index in [-0.39, 0.29) is 5.73 Å². The van der Waals surface area contributed by atoms with Gasteiger partial charge in [-0.2, -0.15) is 0 Å². The van der Waals surface area contributed by atoms with Crippen LogP contribution >= 0.6 is 0 Å². The van der Waals surface area contributed by atoms with E-state index in [4.69, 9.17) is 21.8 Å². The summed E-state index contributed by atoms with van der Waals surface area (Å²) in [6.45, 7) is 12.7. The van der Waals surface area contributed by atoms with E-state index >= 15 is 0 Å². The third-order valence-electron chi connectivity index (χ3n) is 2.69. The standard InChI is InChI=1S/C10H24O5Si3/c1-8-16(4,5)14-17(6,7)15-18(11-2,12-3)10-9-13-10/h8,10H,1,9H2,2-7H3. The van der Waals surface area contributed by atoms with Crippen molar-refractivity contribution < 1.29 is 21.8 Å². The van der Waals surface area contributed by atoms with Crippen molar-refractivity contribution in [3.63, 3.8) is 0 Å². The van der Waals surface area contributed by atoms with E-state index in [2.05, 4.69) is 19.7 Å². The molecule has 1 aliphatic rings. The average Bonchev–Trinajstić information content (AvgIpc) is 3.09. The summed E-state index contributed by atoms with van der Waals surface area (Å²) in [4.78, 5) is 0. The van der Waals surface area contributed by atoms with Crippen molar-refractivity contribution in [2.75, 3.05) is 20.8 Å². The largest absolute Gasteiger partial charge is 0.524 e. The molecule has 1 aliphatic heterocycles. The smallest absolute Gasteiger partial charge is 0.433 e.